The van der Waals surface area contributed by atoms with Crippen LogP contribution in [-0.2, 0) is 9.53 Å². The minimum atomic E-state index is -0.399. The van der Waals surface area contributed by atoms with Gasteiger partial charge in [0.2, 0.25) is 5.91 Å². The summed E-state index contributed by atoms with van der Waals surface area (Å²) in [6.45, 7) is 3.91. The molecule has 0 aromatic heterocycles. The number of fused-ring (bicyclic) bond motifs is 1. The number of amides is 1. The summed E-state index contributed by atoms with van der Waals surface area (Å²) in [6, 6.07) is 12.4. The van der Waals surface area contributed by atoms with Gasteiger partial charge in [-0.25, -0.2) is 10.9 Å². The molecule has 8 heteroatoms. The fraction of sp³-hybridized carbons (Fsp3) is 0.500. The number of nitrogens with one attached hydrogen (secondary N) is 2. The Morgan fingerprint density at radius 2 is 1.79 bits per heavy atom. The first-order valence-corrected chi connectivity index (χ1v) is 12.0. The fourth-order valence-corrected chi connectivity index (χ4v) is 5.06. The van der Waals surface area contributed by atoms with Crippen molar-refractivity contribution in [2.24, 2.45) is 5.92 Å². The van der Waals surface area contributed by atoms with Crippen molar-refractivity contribution in [3.63, 3.8) is 0 Å². The molecule has 0 saturated carbocycles. The second kappa shape index (κ2) is 11.1. The third-order valence-corrected chi connectivity index (χ3v) is 6.72. The van der Waals surface area contributed by atoms with Crippen molar-refractivity contribution in [3.8, 4) is 17.2 Å². The number of aromatic hydroxyl groups is 1. The van der Waals surface area contributed by atoms with Crippen molar-refractivity contribution in [1.29, 1.82) is 0 Å². The SMILES string of the molecule is CCCCOc1ccc(C2C3C(NNC3c3ccccc3O)C(=O)N2CCCOC)cc1OC. The maximum absolute atomic E-state index is 13.5. The summed E-state index contributed by atoms with van der Waals surface area (Å²) < 4.78 is 16.8. The predicted molar refractivity (Wildman–Crippen MR) is 129 cm³/mol. The topological polar surface area (TPSA) is 92.3 Å². The van der Waals surface area contributed by atoms with Crippen LogP contribution >= 0.6 is 0 Å². The summed E-state index contributed by atoms with van der Waals surface area (Å²) in [5, 5.41) is 10.6. The predicted octanol–water partition coefficient (Wildman–Crippen LogP) is 3.33. The van der Waals surface area contributed by atoms with E-state index in [4.69, 9.17) is 14.2 Å². The molecular weight excluding hydrogens is 434 g/mol. The van der Waals surface area contributed by atoms with E-state index in [9.17, 15) is 9.90 Å². The number of benzene rings is 2. The zero-order chi connectivity index (χ0) is 24.1. The maximum Gasteiger partial charge on any atom is 0.242 e. The molecule has 2 fully saturated rings. The van der Waals surface area contributed by atoms with Crippen LogP contribution in [0.4, 0.5) is 0 Å². The zero-order valence-electron chi connectivity index (χ0n) is 20.1. The first-order valence-electron chi connectivity index (χ1n) is 12.0. The number of unbranched alkanes of at least 4 members (excludes halogenated alkanes) is 1. The van der Waals surface area contributed by atoms with Gasteiger partial charge in [0.25, 0.3) is 0 Å². The molecule has 34 heavy (non-hydrogen) atoms. The molecule has 2 aliphatic rings. The molecule has 1 amide bonds. The van der Waals surface area contributed by atoms with Crippen molar-refractivity contribution in [2.45, 2.75) is 44.3 Å². The van der Waals surface area contributed by atoms with E-state index in [1.807, 2.05) is 35.2 Å². The highest BCUT2D eigenvalue weighted by atomic mass is 16.5. The lowest BCUT2D eigenvalue weighted by Crippen LogP contribution is -2.41. The Hall–Kier alpha value is -2.81. The molecule has 0 bridgehead atoms. The van der Waals surface area contributed by atoms with Gasteiger partial charge >= 0.3 is 0 Å². The van der Waals surface area contributed by atoms with Crippen LogP contribution in [0.1, 0.15) is 49.4 Å². The number of carbonyl (C=O) groups excluding carboxylic acids is 1. The van der Waals surface area contributed by atoms with E-state index in [2.05, 4.69) is 17.8 Å². The van der Waals surface area contributed by atoms with Gasteiger partial charge in [0, 0.05) is 31.7 Å². The molecule has 0 aliphatic carbocycles. The molecular formula is C26H35N3O5. The summed E-state index contributed by atoms with van der Waals surface area (Å²) in [5.41, 5.74) is 8.21. The molecule has 4 rings (SSSR count). The third kappa shape index (κ3) is 4.71. The normalized spacial score (nSPS) is 23.9. The van der Waals surface area contributed by atoms with E-state index in [1.165, 1.54) is 0 Å². The van der Waals surface area contributed by atoms with Crippen LogP contribution in [0, 0.1) is 5.92 Å². The fourth-order valence-electron chi connectivity index (χ4n) is 5.06. The van der Waals surface area contributed by atoms with Gasteiger partial charge in [-0.05, 0) is 36.6 Å². The number of hydrogen-bond acceptors (Lipinski definition) is 7. The number of hydrogen-bond donors (Lipinski definition) is 3. The van der Waals surface area contributed by atoms with E-state index in [0.29, 0.717) is 31.3 Å². The highest BCUT2D eigenvalue weighted by Crippen LogP contribution is 2.49. The Balaban J connectivity index is 1.71. The largest absolute Gasteiger partial charge is 0.508 e. The molecule has 8 nitrogen and oxygen atoms in total. The van der Waals surface area contributed by atoms with Crippen molar-refractivity contribution >= 4 is 5.91 Å². The lowest BCUT2D eigenvalue weighted by atomic mass is 9.83. The van der Waals surface area contributed by atoms with Gasteiger partial charge in [0.15, 0.2) is 11.5 Å². The summed E-state index contributed by atoms with van der Waals surface area (Å²) in [4.78, 5) is 15.4. The van der Waals surface area contributed by atoms with Gasteiger partial charge in [0.05, 0.1) is 25.8 Å². The number of ether oxygens (including phenoxy) is 3. The first kappa shape index (κ1) is 24.3. The van der Waals surface area contributed by atoms with E-state index >= 15 is 0 Å². The zero-order valence-corrected chi connectivity index (χ0v) is 20.1. The second-order valence-electron chi connectivity index (χ2n) is 8.82. The van der Waals surface area contributed by atoms with Gasteiger partial charge < -0.3 is 24.2 Å². The summed E-state index contributed by atoms with van der Waals surface area (Å²) in [6.07, 6.45) is 2.76. The number of hydrazine groups is 1. The minimum Gasteiger partial charge on any atom is -0.508 e. The lowest BCUT2D eigenvalue weighted by molar-refractivity contribution is -0.131. The number of para-hydroxylation sites is 1. The van der Waals surface area contributed by atoms with E-state index in [-0.39, 0.29) is 29.7 Å². The minimum absolute atomic E-state index is 0.0405. The Bertz CT molecular complexity index is 985. The van der Waals surface area contributed by atoms with Crippen LogP contribution in [0.3, 0.4) is 0 Å². The molecule has 0 radical (unpaired) electrons. The average Bonchev–Trinajstić information content (AvgIpc) is 3.39. The molecule has 4 unspecified atom stereocenters. The number of phenols is 1. The molecule has 3 N–H and O–H groups in total. The van der Waals surface area contributed by atoms with Gasteiger partial charge in [-0.15, -0.1) is 0 Å². The number of carbonyl (C=O) groups is 1. The van der Waals surface area contributed by atoms with E-state index in [0.717, 1.165) is 30.4 Å². The summed E-state index contributed by atoms with van der Waals surface area (Å²) >= 11 is 0. The Kier molecular flexibility index (Phi) is 7.92. The third-order valence-electron chi connectivity index (χ3n) is 6.72. The van der Waals surface area contributed by atoms with Crippen LogP contribution in [0.15, 0.2) is 42.5 Å². The first-order chi connectivity index (χ1) is 16.6. The number of phenolic OH excluding ortho intramolecular Hbond substituents is 1. The maximum atomic E-state index is 13.5. The van der Waals surface area contributed by atoms with Crippen LogP contribution in [-0.4, -0.2) is 55.9 Å². The van der Waals surface area contributed by atoms with Gasteiger partial charge in [-0.3, -0.25) is 4.79 Å². The van der Waals surface area contributed by atoms with Crippen LogP contribution in [0.25, 0.3) is 0 Å². The van der Waals surface area contributed by atoms with Crippen molar-refractivity contribution in [1.82, 2.24) is 15.8 Å². The van der Waals surface area contributed by atoms with Crippen LogP contribution < -0.4 is 20.3 Å². The molecule has 2 heterocycles. The molecule has 2 saturated heterocycles. The quantitative estimate of drug-likeness (QED) is 0.435. The van der Waals surface area contributed by atoms with Crippen molar-refractivity contribution < 1.29 is 24.1 Å². The molecule has 2 aromatic rings. The number of rotatable bonds is 11. The number of methoxy groups -OCH3 is 2. The van der Waals surface area contributed by atoms with E-state index < -0.39 is 6.04 Å². The van der Waals surface area contributed by atoms with Gasteiger partial charge in [-0.1, -0.05) is 37.6 Å². The van der Waals surface area contributed by atoms with Crippen LogP contribution in [0.5, 0.6) is 17.2 Å². The average molecular weight is 470 g/mol. The molecule has 184 valence electrons. The Morgan fingerprint density at radius 1 is 1.00 bits per heavy atom. The standard InChI is InChI=1S/C26H35N3O5/c1-4-5-15-34-20-12-11-17(16-21(20)33-3)25-22-23(18-9-6-7-10-19(18)30)27-28-24(22)26(31)29(25)13-8-14-32-2/h6-7,9-12,16,22-25,27-28,30H,4-5,8,13-15H2,1-3H3. The highest BCUT2D eigenvalue weighted by molar-refractivity contribution is 5.86. The number of likely N-dealkylation sites (tertiary alicyclic amines) is 1. The summed E-state index contributed by atoms with van der Waals surface area (Å²) in [5.74, 6) is 1.48. The molecule has 4 atom stereocenters. The van der Waals surface area contributed by atoms with Crippen molar-refractivity contribution in [3.05, 3.63) is 53.6 Å². The lowest BCUT2D eigenvalue weighted by Gasteiger charge is -2.32. The second-order valence-corrected chi connectivity index (χ2v) is 8.82. The van der Waals surface area contributed by atoms with Gasteiger partial charge in [0.1, 0.15) is 11.8 Å². The van der Waals surface area contributed by atoms with E-state index in [1.54, 1.807) is 26.4 Å². The van der Waals surface area contributed by atoms with Crippen LogP contribution in [0.2, 0.25) is 0 Å². The monoisotopic (exact) mass is 469 g/mol. The molecule has 2 aliphatic heterocycles. The molecule has 0 spiro atoms. The number of nitrogens with zero attached hydrogens (tertiary/aromatic N) is 1. The highest BCUT2D eigenvalue weighted by Gasteiger charge is 2.55. The molecule has 2 aromatic carbocycles. The smallest absolute Gasteiger partial charge is 0.242 e. The Morgan fingerprint density at radius 3 is 2.53 bits per heavy atom. The van der Waals surface area contributed by atoms with Gasteiger partial charge in [-0.2, -0.15) is 0 Å². The summed E-state index contributed by atoms with van der Waals surface area (Å²) in [7, 11) is 3.30. The Labute approximate surface area is 201 Å². The van der Waals surface area contributed by atoms with Crippen molar-refractivity contribution in [2.75, 3.05) is 34.0 Å².